The summed E-state index contributed by atoms with van der Waals surface area (Å²) in [5.41, 5.74) is 1.97. The van der Waals surface area contributed by atoms with Crippen LogP contribution in [0.3, 0.4) is 0 Å². The molecule has 2 aromatic carbocycles. The monoisotopic (exact) mass is 401 g/mol. The predicted molar refractivity (Wildman–Crippen MR) is 105 cm³/mol. The van der Waals surface area contributed by atoms with E-state index in [4.69, 9.17) is 16.0 Å². The predicted octanol–water partition coefficient (Wildman–Crippen LogP) is 4.71. The Morgan fingerprint density at radius 1 is 1.07 bits per heavy atom. The number of nitrogens with one attached hydrogen (secondary N) is 1. The third-order valence-corrected chi connectivity index (χ3v) is 4.71. The lowest BCUT2D eigenvalue weighted by Gasteiger charge is -2.04. The van der Waals surface area contributed by atoms with Crippen LogP contribution in [0, 0.1) is 0 Å². The van der Waals surface area contributed by atoms with Crippen LogP contribution in [0.1, 0.15) is 23.7 Å². The molecule has 0 atom stereocenters. The summed E-state index contributed by atoms with van der Waals surface area (Å²) in [7, 11) is 0. The van der Waals surface area contributed by atoms with Crippen LogP contribution in [-0.4, -0.2) is 27.6 Å². The van der Waals surface area contributed by atoms with Gasteiger partial charge in [0.1, 0.15) is 0 Å². The fourth-order valence-corrected chi connectivity index (χ4v) is 2.96. The van der Waals surface area contributed by atoms with Crippen LogP contribution in [0.15, 0.2) is 58.2 Å². The molecule has 3 aromatic rings. The molecule has 138 valence electrons. The SMILES string of the molecule is CCC(=O)Nc1ccc(C(=O)CSc2nnc(-c3ccc(Cl)cc3)o2)cc1. The number of nitrogens with zero attached hydrogens (tertiary/aromatic N) is 2. The minimum Gasteiger partial charge on any atom is -0.411 e. The van der Waals surface area contributed by atoms with Crippen LogP contribution in [-0.2, 0) is 4.79 Å². The highest BCUT2D eigenvalue weighted by molar-refractivity contribution is 7.99. The van der Waals surface area contributed by atoms with Gasteiger partial charge in [-0.1, -0.05) is 30.3 Å². The van der Waals surface area contributed by atoms with Gasteiger partial charge in [-0.3, -0.25) is 9.59 Å². The van der Waals surface area contributed by atoms with E-state index in [2.05, 4.69) is 15.5 Å². The van der Waals surface area contributed by atoms with Crippen LogP contribution in [0.2, 0.25) is 5.02 Å². The van der Waals surface area contributed by atoms with Crippen molar-refractivity contribution in [2.45, 2.75) is 18.6 Å². The molecule has 3 rings (SSSR count). The van der Waals surface area contributed by atoms with Gasteiger partial charge in [-0.15, -0.1) is 10.2 Å². The molecule has 0 bridgehead atoms. The van der Waals surface area contributed by atoms with Crippen molar-refractivity contribution in [1.29, 1.82) is 0 Å². The van der Waals surface area contributed by atoms with E-state index in [1.165, 1.54) is 11.8 Å². The molecule has 0 aliphatic heterocycles. The Balaban J connectivity index is 1.57. The summed E-state index contributed by atoms with van der Waals surface area (Å²) < 4.78 is 5.57. The van der Waals surface area contributed by atoms with Gasteiger partial charge in [0.15, 0.2) is 5.78 Å². The maximum atomic E-state index is 12.3. The average molecular weight is 402 g/mol. The summed E-state index contributed by atoms with van der Waals surface area (Å²) in [6.45, 7) is 1.78. The first-order valence-electron chi connectivity index (χ1n) is 8.20. The second-order valence-electron chi connectivity index (χ2n) is 5.57. The molecule has 27 heavy (non-hydrogen) atoms. The van der Waals surface area contributed by atoms with E-state index < -0.39 is 0 Å². The van der Waals surface area contributed by atoms with Crippen LogP contribution in [0.25, 0.3) is 11.5 Å². The van der Waals surface area contributed by atoms with Gasteiger partial charge in [0.2, 0.25) is 11.8 Å². The molecule has 0 saturated carbocycles. The normalized spacial score (nSPS) is 10.6. The van der Waals surface area contributed by atoms with Crippen LogP contribution < -0.4 is 5.32 Å². The topological polar surface area (TPSA) is 85.1 Å². The van der Waals surface area contributed by atoms with Gasteiger partial charge in [0.05, 0.1) is 5.75 Å². The van der Waals surface area contributed by atoms with Crippen molar-refractivity contribution < 1.29 is 14.0 Å². The van der Waals surface area contributed by atoms with Gasteiger partial charge in [0, 0.05) is 28.3 Å². The standard InChI is InChI=1S/C19H16ClN3O3S/c1-2-17(25)21-15-9-5-12(6-10-15)16(24)11-27-19-23-22-18(26-19)13-3-7-14(20)8-4-13/h3-10H,2,11H2,1H3,(H,21,25). The molecule has 1 amide bonds. The van der Waals surface area contributed by atoms with Crippen molar-refractivity contribution in [3.8, 4) is 11.5 Å². The molecule has 1 heterocycles. The molecule has 6 nitrogen and oxygen atoms in total. The van der Waals surface area contributed by atoms with Crippen LogP contribution >= 0.6 is 23.4 Å². The van der Waals surface area contributed by atoms with Crippen molar-refractivity contribution in [2.75, 3.05) is 11.1 Å². The number of halogens is 1. The highest BCUT2D eigenvalue weighted by Crippen LogP contribution is 2.25. The van der Waals surface area contributed by atoms with Crippen molar-refractivity contribution in [3.63, 3.8) is 0 Å². The molecular formula is C19H16ClN3O3S. The number of anilines is 1. The minimum atomic E-state index is -0.0717. The fourth-order valence-electron chi connectivity index (χ4n) is 2.18. The third-order valence-electron chi connectivity index (χ3n) is 3.64. The van der Waals surface area contributed by atoms with Gasteiger partial charge in [-0.05, 0) is 48.5 Å². The summed E-state index contributed by atoms with van der Waals surface area (Å²) in [6.07, 6.45) is 0.402. The lowest BCUT2D eigenvalue weighted by molar-refractivity contribution is -0.115. The van der Waals surface area contributed by atoms with E-state index in [-0.39, 0.29) is 17.4 Å². The highest BCUT2D eigenvalue weighted by Gasteiger charge is 2.12. The number of carbonyl (C=O) groups excluding carboxylic acids is 2. The highest BCUT2D eigenvalue weighted by atomic mass is 35.5. The lowest BCUT2D eigenvalue weighted by atomic mass is 10.1. The van der Waals surface area contributed by atoms with Gasteiger partial charge in [-0.2, -0.15) is 0 Å². The van der Waals surface area contributed by atoms with E-state index >= 15 is 0 Å². The Kier molecular flexibility index (Phi) is 6.26. The Labute approximate surface area is 165 Å². The zero-order valence-corrected chi connectivity index (χ0v) is 16.0. The molecular weight excluding hydrogens is 386 g/mol. The molecule has 8 heteroatoms. The largest absolute Gasteiger partial charge is 0.411 e. The summed E-state index contributed by atoms with van der Waals surface area (Å²) >= 11 is 7.03. The Bertz CT molecular complexity index is 940. The van der Waals surface area contributed by atoms with Crippen molar-refractivity contribution >= 4 is 40.7 Å². The van der Waals surface area contributed by atoms with Gasteiger partial charge in [0.25, 0.3) is 5.22 Å². The molecule has 0 saturated heterocycles. The van der Waals surface area contributed by atoms with E-state index in [9.17, 15) is 9.59 Å². The maximum absolute atomic E-state index is 12.3. The molecule has 1 aromatic heterocycles. The van der Waals surface area contributed by atoms with Crippen molar-refractivity contribution in [1.82, 2.24) is 10.2 Å². The Morgan fingerprint density at radius 3 is 2.44 bits per heavy atom. The maximum Gasteiger partial charge on any atom is 0.277 e. The van der Waals surface area contributed by atoms with E-state index in [1.54, 1.807) is 55.5 Å². The van der Waals surface area contributed by atoms with Crippen molar-refractivity contribution in [3.05, 3.63) is 59.1 Å². The van der Waals surface area contributed by atoms with Gasteiger partial charge in [-0.25, -0.2) is 0 Å². The molecule has 0 radical (unpaired) electrons. The number of hydrogen-bond acceptors (Lipinski definition) is 6. The number of thioether (sulfide) groups is 1. The lowest BCUT2D eigenvalue weighted by Crippen LogP contribution is -2.09. The third kappa shape index (κ3) is 5.18. The Hall–Kier alpha value is -2.64. The number of ketones is 1. The molecule has 1 N–H and O–H groups in total. The first-order valence-corrected chi connectivity index (χ1v) is 9.57. The van der Waals surface area contributed by atoms with E-state index in [1.807, 2.05) is 0 Å². The number of amides is 1. The van der Waals surface area contributed by atoms with E-state index in [0.717, 1.165) is 5.56 Å². The number of hydrogen-bond donors (Lipinski definition) is 1. The molecule has 0 spiro atoms. The fraction of sp³-hybridized carbons (Fsp3) is 0.158. The summed E-state index contributed by atoms with van der Waals surface area (Å²) in [4.78, 5) is 23.7. The zero-order valence-electron chi connectivity index (χ0n) is 14.4. The molecule has 0 unspecified atom stereocenters. The Morgan fingerprint density at radius 2 is 1.78 bits per heavy atom. The summed E-state index contributed by atoms with van der Waals surface area (Å²) in [5, 5.41) is 11.6. The molecule has 0 aliphatic carbocycles. The number of Topliss-reactive ketones (excluding diaryl/α,β-unsaturated/α-hetero) is 1. The van der Waals surface area contributed by atoms with Crippen LogP contribution in [0.4, 0.5) is 5.69 Å². The smallest absolute Gasteiger partial charge is 0.277 e. The average Bonchev–Trinajstić information content (AvgIpc) is 3.16. The number of carbonyl (C=O) groups is 2. The molecule has 0 fully saturated rings. The van der Waals surface area contributed by atoms with E-state index in [0.29, 0.717) is 33.8 Å². The quantitative estimate of drug-likeness (QED) is 0.455. The second-order valence-corrected chi connectivity index (χ2v) is 6.93. The second kappa shape index (κ2) is 8.83. The van der Waals surface area contributed by atoms with Crippen LogP contribution in [0.5, 0.6) is 0 Å². The summed E-state index contributed by atoms with van der Waals surface area (Å²) in [6, 6.07) is 13.8. The number of benzene rings is 2. The van der Waals surface area contributed by atoms with Gasteiger partial charge < -0.3 is 9.73 Å². The van der Waals surface area contributed by atoms with Crippen molar-refractivity contribution in [2.24, 2.45) is 0 Å². The summed E-state index contributed by atoms with van der Waals surface area (Å²) in [5.74, 6) is 0.401. The molecule has 0 aliphatic rings. The zero-order chi connectivity index (χ0) is 19.2. The number of aromatic nitrogens is 2. The van der Waals surface area contributed by atoms with Gasteiger partial charge >= 0.3 is 0 Å². The minimum absolute atomic E-state index is 0.0698. The first kappa shape index (κ1) is 19.1. The number of rotatable bonds is 7. The first-order chi connectivity index (χ1) is 13.0.